The maximum atomic E-state index is 11.5. The molecule has 7 unspecified atom stereocenters. The molecule has 0 amide bonds. The molecule has 0 aromatic heterocycles. The third-order valence-corrected chi connectivity index (χ3v) is 10.3. The first-order valence-corrected chi connectivity index (χ1v) is 12.8. The Morgan fingerprint density at radius 1 is 1.00 bits per heavy atom. The number of carboxylic acid groups (broad SMARTS) is 1. The molecule has 0 spiro atoms. The van der Waals surface area contributed by atoms with Gasteiger partial charge in [-0.1, -0.05) is 34.6 Å². The minimum absolute atomic E-state index is 0.0957. The van der Waals surface area contributed by atoms with Gasteiger partial charge in [-0.2, -0.15) is 0 Å². The monoisotopic (exact) mass is 438 g/mol. The van der Waals surface area contributed by atoms with Gasteiger partial charge in [0.1, 0.15) is 0 Å². The topological polar surface area (TPSA) is 98.0 Å². The van der Waals surface area contributed by atoms with E-state index in [0.717, 1.165) is 44.9 Å². The first-order chi connectivity index (χ1) is 14.6. The average Bonchev–Trinajstić information content (AvgIpc) is 3.08. The van der Waals surface area contributed by atoms with Crippen LogP contribution in [-0.4, -0.2) is 44.7 Å². The Balaban J connectivity index is 0.00000132. The standard InChI is InChI=1S/C24H40O5.C2H6/c1-13(4-7-21(28)29)16-5-6-17-22-18(12-20(27)24(16,17)3)23(2)9-8-15(25)10-14(23)11-19(22)26;1-2/h13-20,22,25-27H,4-12H2,1-3H3,(H,28,29);1-2H3/t13-,14?,15-,16?,17?,18?,19-,20+,22?,23?,24?;/m1./s1. The predicted molar refractivity (Wildman–Crippen MR) is 121 cm³/mol. The van der Waals surface area contributed by atoms with Gasteiger partial charge in [0.15, 0.2) is 0 Å². The summed E-state index contributed by atoms with van der Waals surface area (Å²) in [5, 5.41) is 42.0. The maximum absolute atomic E-state index is 11.5. The molecule has 0 aromatic rings. The highest BCUT2D eigenvalue weighted by Gasteiger charge is 2.65. The fraction of sp³-hybridized carbons (Fsp3) is 0.962. The van der Waals surface area contributed by atoms with Gasteiger partial charge in [0.2, 0.25) is 0 Å². The predicted octanol–water partition coefficient (Wildman–Crippen LogP) is 4.47. The molecule has 0 radical (unpaired) electrons. The SMILES string of the molecule is CC.C[C@H](CCC(=O)O)C1CCC2C3C(C[C@H](O)C21C)C1(C)CC[C@@H](O)CC1C[C@H]3O. The molecule has 0 saturated heterocycles. The number of aliphatic hydroxyl groups excluding tert-OH is 3. The van der Waals surface area contributed by atoms with Crippen LogP contribution in [0.25, 0.3) is 0 Å². The third kappa shape index (κ3) is 4.08. The molecule has 4 rings (SSSR count). The molecule has 5 nitrogen and oxygen atoms in total. The van der Waals surface area contributed by atoms with Crippen LogP contribution in [0, 0.1) is 46.3 Å². The number of fused-ring (bicyclic) bond motifs is 5. The molecule has 31 heavy (non-hydrogen) atoms. The number of hydrogen-bond acceptors (Lipinski definition) is 4. The molecule has 0 aromatic carbocycles. The minimum Gasteiger partial charge on any atom is -0.481 e. The van der Waals surface area contributed by atoms with E-state index in [9.17, 15) is 20.1 Å². The molecule has 0 bridgehead atoms. The van der Waals surface area contributed by atoms with Crippen LogP contribution in [0.4, 0.5) is 0 Å². The Bertz CT molecular complexity index is 637. The van der Waals surface area contributed by atoms with E-state index in [1.807, 2.05) is 13.8 Å². The second-order valence-electron chi connectivity index (χ2n) is 11.4. The van der Waals surface area contributed by atoms with Gasteiger partial charge in [0, 0.05) is 6.42 Å². The van der Waals surface area contributed by atoms with Crippen LogP contribution in [0.2, 0.25) is 0 Å². The van der Waals surface area contributed by atoms with Gasteiger partial charge < -0.3 is 20.4 Å². The summed E-state index contributed by atoms with van der Waals surface area (Å²) in [6, 6.07) is 0. The van der Waals surface area contributed by atoms with E-state index in [1.54, 1.807) is 0 Å². The van der Waals surface area contributed by atoms with Crippen molar-refractivity contribution in [3.05, 3.63) is 0 Å². The molecule has 11 atom stereocenters. The Kier molecular flexibility index (Phi) is 7.50. The van der Waals surface area contributed by atoms with Crippen molar-refractivity contribution in [1.82, 2.24) is 0 Å². The average molecular weight is 439 g/mol. The van der Waals surface area contributed by atoms with E-state index < -0.39 is 12.1 Å². The molecule has 4 aliphatic carbocycles. The smallest absolute Gasteiger partial charge is 0.303 e. The van der Waals surface area contributed by atoms with E-state index in [-0.39, 0.29) is 41.3 Å². The zero-order valence-electron chi connectivity index (χ0n) is 20.3. The molecule has 4 N–H and O–H groups in total. The van der Waals surface area contributed by atoms with Crippen molar-refractivity contribution in [2.75, 3.05) is 0 Å². The molecule has 4 saturated carbocycles. The number of carboxylic acids is 1. The Morgan fingerprint density at radius 3 is 2.32 bits per heavy atom. The summed E-state index contributed by atoms with van der Waals surface area (Å²) in [6.07, 6.45) is 6.00. The van der Waals surface area contributed by atoms with Crippen LogP contribution < -0.4 is 0 Å². The van der Waals surface area contributed by atoms with E-state index in [4.69, 9.17) is 5.11 Å². The zero-order chi connectivity index (χ0) is 23.1. The third-order valence-electron chi connectivity index (χ3n) is 10.3. The second kappa shape index (κ2) is 9.30. The molecular weight excluding hydrogens is 392 g/mol. The fourth-order valence-electron chi connectivity index (χ4n) is 8.68. The van der Waals surface area contributed by atoms with Crippen molar-refractivity contribution >= 4 is 5.97 Å². The number of aliphatic hydroxyl groups is 3. The highest BCUT2D eigenvalue weighted by Crippen LogP contribution is 2.68. The van der Waals surface area contributed by atoms with Crippen molar-refractivity contribution in [3.63, 3.8) is 0 Å². The van der Waals surface area contributed by atoms with Gasteiger partial charge in [0.05, 0.1) is 18.3 Å². The van der Waals surface area contributed by atoms with E-state index in [1.165, 1.54) is 0 Å². The van der Waals surface area contributed by atoms with Crippen LogP contribution in [0.1, 0.15) is 92.4 Å². The van der Waals surface area contributed by atoms with Crippen molar-refractivity contribution in [3.8, 4) is 0 Å². The molecular formula is C26H46O5. The number of carbonyl (C=O) groups is 1. The summed E-state index contributed by atoms with van der Waals surface area (Å²) in [6.45, 7) is 10.7. The first-order valence-electron chi connectivity index (χ1n) is 12.8. The summed E-state index contributed by atoms with van der Waals surface area (Å²) >= 11 is 0. The Labute approximate surface area is 188 Å². The van der Waals surface area contributed by atoms with Crippen molar-refractivity contribution in [2.24, 2.45) is 46.3 Å². The van der Waals surface area contributed by atoms with Gasteiger partial charge in [-0.25, -0.2) is 0 Å². The van der Waals surface area contributed by atoms with Gasteiger partial charge >= 0.3 is 5.97 Å². The summed E-state index contributed by atoms with van der Waals surface area (Å²) in [4.78, 5) is 11.1. The van der Waals surface area contributed by atoms with Crippen molar-refractivity contribution in [1.29, 1.82) is 0 Å². The zero-order valence-corrected chi connectivity index (χ0v) is 20.3. The Morgan fingerprint density at radius 2 is 1.68 bits per heavy atom. The Hall–Kier alpha value is -0.650. The highest BCUT2D eigenvalue weighted by molar-refractivity contribution is 5.66. The van der Waals surface area contributed by atoms with Crippen LogP contribution in [0.3, 0.4) is 0 Å². The largest absolute Gasteiger partial charge is 0.481 e. The number of rotatable bonds is 4. The fourth-order valence-corrected chi connectivity index (χ4v) is 8.68. The second-order valence-corrected chi connectivity index (χ2v) is 11.4. The first kappa shape index (κ1) is 25.0. The molecule has 4 fully saturated rings. The summed E-state index contributed by atoms with van der Waals surface area (Å²) < 4.78 is 0. The van der Waals surface area contributed by atoms with Crippen LogP contribution in [0.15, 0.2) is 0 Å². The van der Waals surface area contributed by atoms with Crippen LogP contribution >= 0.6 is 0 Å². The lowest BCUT2D eigenvalue weighted by Crippen LogP contribution is -2.62. The quantitative estimate of drug-likeness (QED) is 0.519. The van der Waals surface area contributed by atoms with Gasteiger partial charge in [-0.3, -0.25) is 4.79 Å². The lowest BCUT2D eigenvalue weighted by Gasteiger charge is -2.63. The maximum Gasteiger partial charge on any atom is 0.303 e. The molecule has 4 aliphatic rings. The lowest BCUT2D eigenvalue weighted by molar-refractivity contribution is -0.207. The van der Waals surface area contributed by atoms with Crippen LogP contribution in [-0.2, 0) is 4.79 Å². The molecule has 0 heterocycles. The number of aliphatic carboxylic acids is 1. The highest BCUT2D eigenvalue weighted by atomic mass is 16.4. The van der Waals surface area contributed by atoms with E-state index in [2.05, 4.69) is 20.8 Å². The van der Waals surface area contributed by atoms with Crippen molar-refractivity contribution in [2.45, 2.75) is 111 Å². The molecule has 5 heteroatoms. The van der Waals surface area contributed by atoms with E-state index in [0.29, 0.717) is 30.1 Å². The molecule has 180 valence electrons. The molecule has 0 aliphatic heterocycles. The van der Waals surface area contributed by atoms with Crippen LogP contribution in [0.5, 0.6) is 0 Å². The number of hydrogen-bond donors (Lipinski definition) is 4. The summed E-state index contributed by atoms with van der Waals surface area (Å²) in [5.41, 5.74) is -0.143. The minimum atomic E-state index is -0.748. The summed E-state index contributed by atoms with van der Waals surface area (Å²) in [5.74, 6) is 0.997. The lowest BCUT2D eigenvalue weighted by atomic mass is 9.43. The summed E-state index contributed by atoms with van der Waals surface area (Å²) in [7, 11) is 0. The van der Waals surface area contributed by atoms with Gasteiger partial charge in [-0.05, 0) is 97.7 Å². The van der Waals surface area contributed by atoms with E-state index >= 15 is 0 Å². The van der Waals surface area contributed by atoms with Gasteiger partial charge in [-0.15, -0.1) is 0 Å². The normalized spacial score (nSPS) is 49.7. The van der Waals surface area contributed by atoms with Crippen molar-refractivity contribution < 1.29 is 25.2 Å². The van der Waals surface area contributed by atoms with Gasteiger partial charge in [0.25, 0.3) is 0 Å².